The molecule has 0 bridgehead atoms. The Hall–Kier alpha value is -5.08. The van der Waals surface area contributed by atoms with Gasteiger partial charge in [-0.2, -0.15) is 10.2 Å². The van der Waals surface area contributed by atoms with Crippen LogP contribution in [0.15, 0.2) is 105 Å². The maximum Gasteiger partial charge on any atom is 2.00 e. The molecule has 0 amide bonds. The first-order valence-electron chi connectivity index (χ1n) is 15.0. The van der Waals surface area contributed by atoms with Crippen LogP contribution >= 0.6 is 0 Å². The predicted octanol–water partition coefficient (Wildman–Crippen LogP) is 1.55. The third-order valence-corrected chi connectivity index (χ3v) is 11.3. The van der Waals surface area contributed by atoms with Crippen LogP contribution in [0.3, 0.4) is 0 Å². The van der Waals surface area contributed by atoms with E-state index in [1.807, 2.05) is 0 Å². The summed E-state index contributed by atoms with van der Waals surface area (Å²) in [5.41, 5.74) is 1.09. The molecule has 6 rings (SSSR count). The largest absolute Gasteiger partial charge is 2.00 e. The zero-order valence-electron chi connectivity index (χ0n) is 28.0. The van der Waals surface area contributed by atoms with E-state index in [0.29, 0.717) is 12.2 Å². The average Bonchev–Trinajstić information content (AvgIpc) is 3.12. The molecular weight excluding hydrogens is 948 g/mol. The number of anilines is 2. The van der Waals surface area contributed by atoms with E-state index in [9.17, 15) is 61.5 Å². The number of pyridine rings is 2. The van der Waals surface area contributed by atoms with Gasteiger partial charge >= 0.3 is 34.1 Å². The van der Waals surface area contributed by atoms with Gasteiger partial charge in [0.1, 0.15) is 63.3 Å². The number of ketones is 2. The van der Waals surface area contributed by atoms with Crippen LogP contribution in [0.2, 0.25) is 0 Å². The molecule has 0 aliphatic heterocycles. The van der Waals surface area contributed by atoms with Crippen LogP contribution in [0, 0.1) is 0 Å². The van der Waals surface area contributed by atoms with Gasteiger partial charge in [0.15, 0.2) is 0 Å². The molecule has 2 radical (unpaired) electrons. The minimum absolute atomic E-state index is 0. The van der Waals surface area contributed by atoms with Crippen molar-refractivity contribution in [3.63, 3.8) is 0 Å². The van der Waals surface area contributed by atoms with Crippen molar-refractivity contribution in [3.8, 4) is 0 Å². The van der Waals surface area contributed by atoms with Gasteiger partial charge in [-0.05, 0) is 71.8 Å². The standard InChI is InChI=1S/C32H22N6O14S4.2Cu/c39-31-23(15-27(55(47,48)49)21-3-1-11-33-29(21)31)37-35-19-9-7-17(25(13-19)53(41,42)43)5-6-18-8-10-20(14-26(18)54(44,45)46)36-38-24-16-28(56(50,51)52)22-4-2-12-34-30(22)32(24)40;;/h1-16,35-36H,(H,41,42,43)(H,44,45,46)(H,47,48,49)(H,50,51,52);;/q;2*+2/p-4/b6-5+,37-23-,38-24-;;. The molecule has 2 aliphatic rings. The monoisotopic (exact) mass is 964 g/mol. The summed E-state index contributed by atoms with van der Waals surface area (Å²) in [5, 5.41) is 7.53. The van der Waals surface area contributed by atoms with Crippen LogP contribution in [0.1, 0.15) is 43.2 Å². The quantitative estimate of drug-likeness (QED) is 0.0985. The molecule has 2 aromatic heterocycles. The second-order valence-corrected chi connectivity index (χ2v) is 16.7. The Kier molecular flexibility index (Phi) is 13.4. The van der Waals surface area contributed by atoms with Crippen molar-refractivity contribution in [1.29, 1.82) is 0 Å². The van der Waals surface area contributed by atoms with Gasteiger partial charge in [0.05, 0.1) is 31.0 Å². The molecule has 20 nitrogen and oxygen atoms in total. The molecule has 2 heterocycles. The smallest absolute Gasteiger partial charge is 0.744 e. The van der Waals surface area contributed by atoms with E-state index in [4.69, 9.17) is 0 Å². The molecule has 2 N–H and O–H groups in total. The Morgan fingerprint density at radius 2 is 0.897 bits per heavy atom. The van der Waals surface area contributed by atoms with Crippen molar-refractivity contribution in [3.05, 3.63) is 119 Å². The summed E-state index contributed by atoms with van der Waals surface area (Å²) in [6, 6.07) is 11.1. The summed E-state index contributed by atoms with van der Waals surface area (Å²) < 4.78 is 144. The van der Waals surface area contributed by atoms with Crippen molar-refractivity contribution < 1.29 is 95.6 Å². The molecule has 2 aromatic carbocycles. The minimum atomic E-state index is -5.28. The number of aromatic nitrogens is 2. The molecule has 26 heteroatoms. The molecule has 0 saturated heterocycles. The number of carbonyl (C=O) groups is 2. The number of hydrogen-bond acceptors (Lipinski definition) is 20. The van der Waals surface area contributed by atoms with E-state index in [1.54, 1.807) is 0 Å². The number of fused-ring (bicyclic) bond motifs is 2. The third-order valence-electron chi connectivity index (χ3n) is 7.74. The van der Waals surface area contributed by atoms with Gasteiger partial charge in [0.25, 0.3) is 0 Å². The van der Waals surface area contributed by atoms with E-state index >= 15 is 0 Å². The van der Waals surface area contributed by atoms with Gasteiger partial charge in [-0.15, -0.1) is 0 Å². The second kappa shape index (κ2) is 17.0. The molecule has 4 aromatic rings. The number of nitrogens with zero attached hydrogens (tertiary/aromatic N) is 4. The second-order valence-electron chi connectivity index (χ2n) is 11.3. The van der Waals surface area contributed by atoms with Crippen LogP contribution in [-0.4, -0.2) is 84.8 Å². The van der Waals surface area contributed by atoms with Gasteiger partial charge in [0.2, 0.25) is 11.6 Å². The Bertz CT molecular complexity index is 2820. The number of rotatable bonds is 10. The van der Waals surface area contributed by atoms with Crippen LogP contribution in [0.5, 0.6) is 0 Å². The maximum atomic E-state index is 12.9. The topological polar surface area (TPSA) is 337 Å². The van der Waals surface area contributed by atoms with Gasteiger partial charge in [0, 0.05) is 23.5 Å². The summed E-state index contributed by atoms with van der Waals surface area (Å²) >= 11 is 0. The molecular formula is C32H18Cu2N6O14S4. The SMILES string of the molecule is O=C1/C(=N\Nc2ccc(/C=C/c3ccc(N/N=C4/C=C(S(=O)(=O)[O-])c5cccnc5C4=O)cc3S(=O)(=O)[O-])c(S(=O)(=O)[O-])c2)C=C(S(=O)(=O)[O-])c2cccnc21.[Cu+2].[Cu+2]. The van der Waals surface area contributed by atoms with Crippen LogP contribution < -0.4 is 10.9 Å². The summed E-state index contributed by atoms with van der Waals surface area (Å²) in [6.45, 7) is 0. The number of benzene rings is 2. The van der Waals surface area contributed by atoms with E-state index in [0.717, 1.165) is 36.4 Å². The minimum Gasteiger partial charge on any atom is -0.744 e. The van der Waals surface area contributed by atoms with Crippen molar-refractivity contribution in [2.24, 2.45) is 10.2 Å². The molecule has 0 unspecified atom stereocenters. The molecule has 306 valence electrons. The molecule has 0 fully saturated rings. The van der Waals surface area contributed by atoms with Gasteiger partial charge < -0.3 is 18.2 Å². The van der Waals surface area contributed by atoms with Gasteiger partial charge in [-0.25, -0.2) is 33.7 Å². The zero-order valence-corrected chi connectivity index (χ0v) is 33.1. The summed E-state index contributed by atoms with van der Waals surface area (Å²) in [5.74, 6) is -1.78. The van der Waals surface area contributed by atoms with Gasteiger partial charge in [-0.1, -0.05) is 24.3 Å². The summed E-state index contributed by atoms with van der Waals surface area (Å²) in [4.78, 5) is 30.0. The third kappa shape index (κ3) is 9.78. The van der Waals surface area contributed by atoms with Crippen molar-refractivity contribution in [2.75, 3.05) is 10.9 Å². The van der Waals surface area contributed by atoms with Crippen molar-refractivity contribution in [2.45, 2.75) is 9.79 Å². The van der Waals surface area contributed by atoms with E-state index in [2.05, 4.69) is 31.0 Å². The number of allylic oxidation sites excluding steroid dienone is 2. The van der Waals surface area contributed by atoms with Crippen LogP contribution in [0.4, 0.5) is 11.4 Å². The van der Waals surface area contributed by atoms with Crippen LogP contribution in [0.25, 0.3) is 22.0 Å². The number of carbonyl (C=O) groups excluding carboxylic acids is 2. The zero-order chi connectivity index (χ0) is 40.8. The fourth-order valence-corrected chi connectivity index (χ4v) is 8.04. The Morgan fingerprint density at radius 1 is 0.534 bits per heavy atom. The molecule has 0 atom stereocenters. The maximum absolute atomic E-state index is 12.9. The number of hydrogen-bond donors (Lipinski definition) is 2. The fourth-order valence-electron chi connectivity index (χ4n) is 5.27. The number of Topliss-reactive ketones (excluding diaryl/α,β-unsaturated/α-hetero) is 2. The van der Waals surface area contributed by atoms with Gasteiger partial charge in [-0.3, -0.25) is 30.4 Å². The first-order valence-corrected chi connectivity index (χ1v) is 20.7. The van der Waals surface area contributed by atoms with Crippen LogP contribution in [-0.2, 0) is 74.6 Å². The van der Waals surface area contributed by atoms with E-state index < -0.39 is 94.5 Å². The predicted molar refractivity (Wildman–Crippen MR) is 192 cm³/mol. The van der Waals surface area contributed by atoms with Crippen molar-refractivity contribution in [1.82, 2.24) is 9.97 Å². The van der Waals surface area contributed by atoms with E-state index in [1.165, 1.54) is 48.8 Å². The Labute approximate surface area is 349 Å². The fraction of sp³-hybridized carbons (Fsp3) is 0. The Morgan fingerprint density at radius 3 is 1.22 bits per heavy atom. The van der Waals surface area contributed by atoms with E-state index in [-0.39, 0.29) is 67.8 Å². The molecule has 0 spiro atoms. The Balaban J connectivity index is 0.00000372. The van der Waals surface area contributed by atoms with Crippen molar-refractivity contribution >= 4 is 96.8 Å². The average molecular weight is 966 g/mol. The molecule has 0 saturated carbocycles. The molecule has 58 heavy (non-hydrogen) atoms. The first-order chi connectivity index (χ1) is 26.1. The summed E-state index contributed by atoms with van der Waals surface area (Å²) in [7, 11) is -20.8. The normalized spacial score (nSPS) is 15.8. The number of nitrogens with one attached hydrogen (secondary N) is 2. The first kappa shape index (κ1) is 45.6. The molecule has 2 aliphatic carbocycles. The summed E-state index contributed by atoms with van der Waals surface area (Å²) in [6.07, 6.45) is 5.72. The number of hydrazone groups is 2.